The van der Waals surface area contributed by atoms with Gasteiger partial charge in [-0.1, -0.05) is 43.3 Å². The van der Waals surface area contributed by atoms with E-state index in [1.165, 1.54) is 17.5 Å². The fourth-order valence-electron chi connectivity index (χ4n) is 4.10. The Morgan fingerprint density at radius 1 is 1.15 bits per heavy atom. The molecule has 1 unspecified atom stereocenters. The zero-order chi connectivity index (χ0) is 18.1. The molecule has 0 radical (unpaired) electrons. The number of hydrogen-bond acceptors (Lipinski definition) is 4. The van der Waals surface area contributed by atoms with Crippen LogP contribution in [0.3, 0.4) is 0 Å². The maximum Gasteiger partial charge on any atom is 0.292 e. The summed E-state index contributed by atoms with van der Waals surface area (Å²) in [5.74, 6) is 0.609. The largest absolute Gasteiger partial charge is 0.351 e. The Bertz CT molecular complexity index is 775. The topological polar surface area (TPSA) is 49.6 Å². The number of rotatable bonds is 3. The van der Waals surface area contributed by atoms with Crippen LogP contribution in [0.15, 0.2) is 34.9 Å². The molecule has 2 aliphatic rings. The fourth-order valence-corrected chi connectivity index (χ4v) is 4.10. The third kappa shape index (κ3) is 3.40. The Morgan fingerprint density at radius 3 is 2.58 bits per heavy atom. The summed E-state index contributed by atoms with van der Waals surface area (Å²) in [4.78, 5) is 17.1. The van der Waals surface area contributed by atoms with Gasteiger partial charge in [0.1, 0.15) is 0 Å². The summed E-state index contributed by atoms with van der Waals surface area (Å²) in [5, 5.41) is 4.01. The second-order valence-corrected chi connectivity index (χ2v) is 7.76. The van der Waals surface area contributed by atoms with Gasteiger partial charge in [0.25, 0.3) is 5.91 Å². The van der Waals surface area contributed by atoms with Crippen LogP contribution in [0.2, 0.25) is 0 Å². The molecule has 26 heavy (non-hydrogen) atoms. The van der Waals surface area contributed by atoms with Gasteiger partial charge in [-0.25, -0.2) is 0 Å². The summed E-state index contributed by atoms with van der Waals surface area (Å²) in [7, 11) is 0. The monoisotopic (exact) mass is 353 g/mol. The number of carbonyl (C=O) groups excluding carboxylic acids is 1. The molecule has 4 rings (SSSR count). The molecule has 1 aliphatic heterocycles. The van der Waals surface area contributed by atoms with Gasteiger partial charge >= 0.3 is 0 Å². The first-order valence-corrected chi connectivity index (χ1v) is 9.68. The van der Waals surface area contributed by atoms with Gasteiger partial charge in [0.05, 0.1) is 5.69 Å². The summed E-state index contributed by atoms with van der Waals surface area (Å²) in [6, 6.07) is 11.2. The molecule has 1 fully saturated rings. The highest BCUT2D eigenvalue weighted by Gasteiger charge is 2.30. The van der Waals surface area contributed by atoms with Crippen molar-refractivity contribution in [3.8, 4) is 0 Å². The summed E-state index contributed by atoms with van der Waals surface area (Å²) in [5.41, 5.74) is 3.84. The van der Waals surface area contributed by atoms with E-state index < -0.39 is 0 Å². The highest BCUT2D eigenvalue weighted by atomic mass is 16.5. The minimum Gasteiger partial charge on any atom is -0.351 e. The van der Waals surface area contributed by atoms with E-state index in [1.807, 2.05) is 18.7 Å². The van der Waals surface area contributed by atoms with Crippen molar-refractivity contribution in [2.45, 2.75) is 45.1 Å². The SMILES string of the molecule is CC(C)c1cc(C(=O)N2CCN(C3CCc4ccccc4C3)CC2)on1. The van der Waals surface area contributed by atoms with E-state index in [2.05, 4.69) is 34.3 Å². The van der Waals surface area contributed by atoms with Crippen LogP contribution in [-0.2, 0) is 12.8 Å². The van der Waals surface area contributed by atoms with Gasteiger partial charge in [0, 0.05) is 38.3 Å². The molecule has 0 bridgehead atoms. The van der Waals surface area contributed by atoms with E-state index in [0.717, 1.165) is 44.7 Å². The lowest BCUT2D eigenvalue weighted by molar-refractivity contribution is 0.0517. The quantitative estimate of drug-likeness (QED) is 0.851. The number of carbonyl (C=O) groups is 1. The van der Waals surface area contributed by atoms with Crippen LogP contribution in [0.5, 0.6) is 0 Å². The zero-order valence-corrected chi connectivity index (χ0v) is 15.6. The Hall–Kier alpha value is -2.14. The van der Waals surface area contributed by atoms with Crippen LogP contribution in [0, 0.1) is 0 Å². The number of amides is 1. The molecular weight excluding hydrogens is 326 g/mol. The third-order valence-corrected chi connectivity index (χ3v) is 5.77. The number of aromatic nitrogens is 1. The number of benzene rings is 1. The highest BCUT2D eigenvalue weighted by molar-refractivity contribution is 5.91. The Kier molecular flexibility index (Phi) is 4.81. The molecule has 1 aromatic carbocycles. The second-order valence-electron chi connectivity index (χ2n) is 7.76. The van der Waals surface area contributed by atoms with Crippen molar-refractivity contribution < 1.29 is 9.32 Å². The van der Waals surface area contributed by atoms with E-state index in [9.17, 15) is 4.79 Å². The minimum atomic E-state index is -0.0296. The van der Waals surface area contributed by atoms with Crippen LogP contribution in [0.25, 0.3) is 0 Å². The van der Waals surface area contributed by atoms with E-state index in [0.29, 0.717) is 11.8 Å². The Labute approximate surface area is 155 Å². The van der Waals surface area contributed by atoms with Crippen molar-refractivity contribution in [2.24, 2.45) is 0 Å². The zero-order valence-electron chi connectivity index (χ0n) is 15.6. The lowest BCUT2D eigenvalue weighted by atomic mass is 9.87. The first-order valence-electron chi connectivity index (χ1n) is 9.68. The molecule has 1 aromatic heterocycles. The standard InChI is InChI=1S/C21H27N3O2/c1-15(2)19-14-20(26-22-19)21(25)24-11-9-23(10-12-24)18-8-7-16-5-3-4-6-17(16)13-18/h3-6,14-15,18H,7-13H2,1-2H3. The molecule has 0 saturated carbocycles. The first kappa shape index (κ1) is 17.3. The van der Waals surface area contributed by atoms with Gasteiger partial charge in [-0.05, 0) is 36.3 Å². The molecular formula is C21H27N3O2. The van der Waals surface area contributed by atoms with Crippen LogP contribution in [0.1, 0.15) is 53.6 Å². The van der Waals surface area contributed by atoms with E-state index in [1.54, 1.807) is 6.07 Å². The smallest absolute Gasteiger partial charge is 0.292 e. The number of nitrogens with zero attached hydrogens (tertiary/aromatic N) is 3. The predicted molar refractivity (Wildman–Crippen MR) is 100 cm³/mol. The van der Waals surface area contributed by atoms with Crippen molar-refractivity contribution in [1.82, 2.24) is 15.0 Å². The Morgan fingerprint density at radius 2 is 1.88 bits per heavy atom. The number of hydrogen-bond donors (Lipinski definition) is 0. The normalized spacial score (nSPS) is 21.0. The predicted octanol–water partition coefficient (Wildman–Crippen LogP) is 3.11. The summed E-state index contributed by atoms with van der Waals surface area (Å²) in [6.45, 7) is 7.48. The molecule has 1 aliphatic carbocycles. The van der Waals surface area contributed by atoms with Crippen molar-refractivity contribution >= 4 is 5.91 Å². The fraction of sp³-hybridized carbons (Fsp3) is 0.524. The first-order chi connectivity index (χ1) is 12.6. The lowest BCUT2D eigenvalue weighted by Crippen LogP contribution is -2.53. The molecule has 5 heteroatoms. The van der Waals surface area contributed by atoms with Crippen LogP contribution in [-0.4, -0.2) is 53.1 Å². The van der Waals surface area contributed by atoms with Gasteiger partial charge in [-0.15, -0.1) is 0 Å². The van der Waals surface area contributed by atoms with Gasteiger partial charge in [0.15, 0.2) is 0 Å². The second kappa shape index (κ2) is 7.23. The van der Waals surface area contributed by atoms with E-state index in [4.69, 9.17) is 4.52 Å². The average Bonchev–Trinajstić information content (AvgIpc) is 3.18. The number of piperazine rings is 1. The van der Waals surface area contributed by atoms with Crippen molar-refractivity contribution in [1.29, 1.82) is 0 Å². The number of fused-ring (bicyclic) bond motifs is 1. The average molecular weight is 353 g/mol. The van der Waals surface area contributed by atoms with Crippen LogP contribution < -0.4 is 0 Å². The van der Waals surface area contributed by atoms with E-state index >= 15 is 0 Å². The maximum atomic E-state index is 12.7. The molecule has 1 saturated heterocycles. The molecule has 1 amide bonds. The maximum absolute atomic E-state index is 12.7. The molecule has 138 valence electrons. The van der Waals surface area contributed by atoms with Crippen molar-refractivity contribution in [2.75, 3.05) is 26.2 Å². The van der Waals surface area contributed by atoms with Crippen molar-refractivity contribution in [3.63, 3.8) is 0 Å². The van der Waals surface area contributed by atoms with Crippen molar-refractivity contribution in [3.05, 3.63) is 52.9 Å². The third-order valence-electron chi connectivity index (χ3n) is 5.77. The summed E-state index contributed by atoms with van der Waals surface area (Å²) in [6.07, 6.45) is 3.50. The summed E-state index contributed by atoms with van der Waals surface area (Å²) < 4.78 is 5.27. The molecule has 2 heterocycles. The highest BCUT2D eigenvalue weighted by Crippen LogP contribution is 2.25. The van der Waals surface area contributed by atoms with Crippen LogP contribution in [0.4, 0.5) is 0 Å². The summed E-state index contributed by atoms with van der Waals surface area (Å²) >= 11 is 0. The molecule has 2 aromatic rings. The molecule has 0 N–H and O–H groups in total. The van der Waals surface area contributed by atoms with Gasteiger partial charge < -0.3 is 9.42 Å². The Balaban J connectivity index is 1.35. The van der Waals surface area contributed by atoms with Crippen LogP contribution >= 0.6 is 0 Å². The minimum absolute atomic E-state index is 0.0296. The van der Waals surface area contributed by atoms with Gasteiger partial charge in [-0.2, -0.15) is 0 Å². The van der Waals surface area contributed by atoms with Gasteiger partial charge in [0.2, 0.25) is 5.76 Å². The molecule has 0 spiro atoms. The lowest BCUT2D eigenvalue weighted by Gasteiger charge is -2.40. The molecule has 5 nitrogen and oxygen atoms in total. The number of aryl methyl sites for hydroxylation is 1. The van der Waals surface area contributed by atoms with E-state index in [-0.39, 0.29) is 11.8 Å². The molecule has 1 atom stereocenters. The van der Waals surface area contributed by atoms with Gasteiger partial charge in [-0.3, -0.25) is 9.69 Å².